The van der Waals surface area contributed by atoms with Crippen LogP contribution in [0.25, 0.3) is 11.6 Å². The molecule has 0 atom stereocenters. The number of aliphatic imine (C=N–C) groups is 1. The average Bonchev–Trinajstić information content (AvgIpc) is 3.14. The number of aromatic hydroxyl groups is 1. The number of aromatic nitrogens is 1. The van der Waals surface area contributed by atoms with Gasteiger partial charge in [-0.25, -0.2) is 0 Å². The molecule has 0 radical (unpaired) electrons. The van der Waals surface area contributed by atoms with Gasteiger partial charge >= 0.3 is 0 Å². The Balaban J connectivity index is 1.69. The highest BCUT2D eigenvalue weighted by atomic mass is 32.1. The number of para-hydroxylation sites is 1. The second-order valence-corrected chi connectivity index (χ2v) is 7.68. The van der Waals surface area contributed by atoms with Crippen LogP contribution in [0.5, 0.6) is 5.88 Å². The summed E-state index contributed by atoms with van der Waals surface area (Å²) in [7, 11) is 0. The van der Waals surface area contributed by atoms with Gasteiger partial charge in [-0.1, -0.05) is 48.0 Å². The number of thiazole rings is 1. The standard InChI is InChI=1S/C20H16N2OS2/c1-13-6-8-14(9-7-13)12-22-19(23)18(25-20(22)24)10-15-11-21-17-5-3-2-4-16(15)17/h2-11,23H,12H2,1H3/b15-10+. The average molecular weight is 364 g/mol. The number of allylic oxidation sites excluding steroid dienone is 1. The fourth-order valence-corrected chi connectivity index (χ4v) is 4.08. The van der Waals surface area contributed by atoms with Gasteiger partial charge in [-0.2, -0.15) is 0 Å². The monoisotopic (exact) mass is 364 g/mol. The van der Waals surface area contributed by atoms with Crippen molar-refractivity contribution in [3.8, 4) is 5.88 Å². The first-order chi connectivity index (χ1) is 12.1. The molecule has 124 valence electrons. The minimum Gasteiger partial charge on any atom is -0.493 e. The van der Waals surface area contributed by atoms with E-state index in [0.29, 0.717) is 10.5 Å². The predicted octanol–water partition coefficient (Wildman–Crippen LogP) is 5.60. The molecule has 3 nitrogen and oxygen atoms in total. The summed E-state index contributed by atoms with van der Waals surface area (Å²) in [4.78, 5) is 5.17. The summed E-state index contributed by atoms with van der Waals surface area (Å²) in [6.07, 6.45) is 3.79. The van der Waals surface area contributed by atoms with Crippen LogP contribution in [-0.4, -0.2) is 15.9 Å². The Labute approximate surface area is 155 Å². The van der Waals surface area contributed by atoms with E-state index in [2.05, 4.69) is 36.2 Å². The molecule has 0 bridgehead atoms. The maximum absolute atomic E-state index is 10.7. The van der Waals surface area contributed by atoms with Crippen LogP contribution in [0.2, 0.25) is 0 Å². The normalized spacial score (nSPS) is 14.2. The lowest BCUT2D eigenvalue weighted by Gasteiger charge is -2.05. The summed E-state index contributed by atoms with van der Waals surface area (Å²) in [5.74, 6) is 0.209. The SMILES string of the molecule is Cc1ccc(Cn2c(O)c(/C=C3\C=Nc4ccccc43)sc2=S)cc1. The van der Waals surface area contributed by atoms with E-state index in [1.54, 1.807) is 4.57 Å². The minimum absolute atomic E-state index is 0.209. The molecule has 4 rings (SSSR count). The van der Waals surface area contributed by atoms with E-state index in [1.165, 1.54) is 16.9 Å². The second-order valence-electron chi connectivity index (χ2n) is 6.00. The Morgan fingerprint density at radius 2 is 1.92 bits per heavy atom. The van der Waals surface area contributed by atoms with Crippen molar-refractivity contribution in [2.24, 2.45) is 4.99 Å². The fourth-order valence-electron chi connectivity index (χ4n) is 2.82. The Bertz CT molecular complexity index is 1060. The number of hydrogen-bond acceptors (Lipinski definition) is 4. The number of nitrogens with zero attached hydrogens (tertiary/aromatic N) is 2. The molecule has 3 aromatic rings. The van der Waals surface area contributed by atoms with E-state index in [0.717, 1.165) is 27.3 Å². The van der Waals surface area contributed by atoms with Crippen LogP contribution in [0, 0.1) is 10.9 Å². The van der Waals surface area contributed by atoms with Gasteiger partial charge in [-0.15, -0.1) is 11.3 Å². The third-order valence-electron chi connectivity index (χ3n) is 4.20. The highest BCUT2D eigenvalue weighted by Crippen LogP contribution is 2.35. The van der Waals surface area contributed by atoms with Crippen LogP contribution < -0.4 is 0 Å². The molecule has 2 heterocycles. The van der Waals surface area contributed by atoms with Crippen molar-refractivity contribution < 1.29 is 5.11 Å². The number of aryl methyl sites for hydroxylation is 1. The Morgan fingerprint density at radius 1 is 1.16 bits per heavy atom. The van der Waals surface area contributed by atoms with Crippen LogP contribution in [0.3, 0.4) is 0 Å². The zero-order valence-electron chi connectivity index (χ0n) is 13.6. The topological polar surface area (TPSA) is 37.5 Å². The van der Waals surface area contributed by atoms with Gasteiger partial charge < -0.3 is 5.11 Å². The van der Waals surface area contributed by atoms with E-state index < -0.39 is 0 Å². The molecule has 0 saturated heterocycles. The van der Waals surface area contributed by atoms with Gasteiger partial charge in [0.15, 0.2) is 3.95 Å². The summed E-state index contributed by atoms with van der Waals surface area (Å²) in [5.41, 5.74) is 5.35. The van der Waals surface area contributed by atoms with Crippen LogP contribution in [0.15, 0.2) is 53.5 Å². The van der Waals surface area contributed by atoms with Crippen molar-refractivity contribution in [2.75, 3.05) is 0 Å². The number of rotatable bonds is 3. The van der Waals surface area contributed by atoms with E-state index in [4.69, 9.17) is 12.2 Å². The molecular formula is C20H16N2OS2. The van der Waals surface area contributed by atoms with Crippen molar-refractivity contribution in [1.29, 1.82) is 0 Å². The molecule has 1 aromatic heterocycles. The van der Waals surface area contributed by atoms with Gasteiger partial charge in [0.05, 0.1) is 17.1 Å². The molecule has 1 N–H and O–H groups in total. The maximum atomic E-state index is 10.7. The first kappa shape index (κ1) is 16.0. The van der Waals surface area contributed by atoms with Gasteiger partial charge in [0.25, 0.3) is 0 Å². The smallest absolute Gasteiger partial charge is 0.210 e. The zero-order valence-corrected chi connectivity index (χ0v) is 15.3. The number of hydrogen-bond donors (Lipinski definition) is 1. The number of benzene rings is 2. The van der Waals surface area contributed by atoms with Gasteiger partial charge in [0.1, 0.15) is 0 Å². The van der Waals surface area contributed by atoms with Crippen molar-refractivity contribution in [3.05, 3.63) is 74.1 Å². The Morgan fingerprint density at radius 3 is 2.72 bits per heavy atom. The van der Waals surface area contributed by atoms with Crippen LogP contribution in [0.1, 0.15) is 21.6 Å². The maximum Gasteiger partial charge on any atom is 0.210 e. The predicted molar refractivity (Wildman–Crippen MR) is 108 cm³/mol. The quantitative estimate of drug-likeness (QED) is 0.614. The van der Waals surface area contributed by atoms with Crippen molar-refractivity contribution >= 4 is 47.1 Å². The first-order valence-electron chi connectivity index (χ1n) is 7.95. The second kappa shape index (κ2) is 6.43. The first-order valence-corrected chi connectivity index (χ1v) is 9.17. The molecule has 1 aliphatic heterocycles. The van der Waals surface area contributed by atoms with E-state index in [1.807, 2.05) is 36.6 Å². The Kier molecular flexibility index (Phi) is 4.11. The molecule has 0 amide bonds. The van der Waals surface area contributed by atoms with Crippen LogP contribution in [-0.2, 0) is 6.54 Å². The van der Waals surface area contributed by atoms with Crippen molar-refractivity contribution in [3.63, 3.8) is 0 Å². The van der Waals surface area contributed by atoms with Gasteiger partial charge in [0, 0.05) is 17.4 Å². The molecule has 1 aliphatic rings. The van der Waals surface area contributed by atoms with Gasteiger partial charge in [-0.3, -0.25) is 9.56 Å². The Hall–Kier alpha value is -2.50. The molecule has 0 spiro atoms. The summed E-state index contributed by atoms with van der Waals surface area (Å²) in [6.45, 7) is 2.62. The molecule has 0 aliphatic carbocycles. The van der Waals surface area contributed by atoms with E-state index in [-0.39, 0.29) is 5.88 Å². The van der Waals surface area contributed by atoms with Crippen molar-refractivity contribution in [1.82, 2.24) is 4.57 Å². The summed E-state index contributed by atoms with van der Waals surface area (Å²) in [5, 5.41) is 10.7. The van der Waals surface area contributed by atoms with Crippen LogP contribution >= 0.6 is 23.6 Å². The zero-order chi connectivity index (χ0) is 17.4. The molecule has 2 aromatic carbocycles. The molecular weight excluding hydrogens is 348 g/mol. The minimum atomic E-state index is 0.209. The van der Waals surface area contributed by atoms with Crippen LogP contribution in [0.4, 0.5) is 5.69 Å². The third kappa shape index (κ3) is 3.08. The summed E-state index contributed by atoms with van der Waals surface area (Å²) >= 11 is 6.88. The highest BCUT2D eigenvalue weighted by Gasteiger charge is 2.15. The summed E-state index contributed by atoms with van der Waals surface area (Å²) in [6, 6.07) is 16.2. The largest absolute Gasteiger partial charge is 0.493 e. The summed E-state index contributed by atoms with van der Waals surface area (Å²) < 4.78 is 2.43. The van der Waals surface area contributed by atoms with Gasteiger partial charge in [0.2, 0.25) is 5.88 Å². The molecule has 0 unspecified atom stereocenters. The number of fused-ring (bicyclic) bond motifs is 1. The lowest BCUT2D eigenvalue weighted by atomic mass is 10.1. The van der Waals surface area contributed by atoms with E-state index in [9.17, 15) is 5.11 Å². The molecule has 0 fully saturated rings. The third-order valence-corrected chi connectivity index (χ3v) is 5.59. The van der Waals surface area contributed by atoms with Gasteiger partial charge in [-0.05, 0) is 36.8 Å². The molecule has 0 saturated carbocycles. The lowest BCUT2D eigenvalue weighted by molar-refractivity contribution is 0.422. The van der Waals surface area contributed by atoms with Crippen molar-refractivity contribution in [2.45, 2.75) is 13.5 Å². The molecule has 5 heteroatoms. The molecule has 25 heavy (non-hydrogen) atoms. The van der Waals surface area contributed by atoms with E-state index >= 15 is 0 Å². The lowest BCUT2D eigenvalue weighted by Crippen LogP contribution is -1.98. The highest BCUT2D eigenvalue weighted by molar-refractivity contribution is 7.73. The fraction of sp³-hybridized carbons (Fsp3) is 0.100.